The lowest BCUT2D eigenvalue weighted by Gasteiger charge is -2.22. The van der Waals surface area contributed by atoms with Crippen LogP contribution in [0.15, 0.2) is 24.3 Å². The van der Waals surface area contributed by atoms with Gasteiger partial charge < -0.3 is 4.90 Å². The Morgan fingerprint density at radius 2 is 1.67 bits per heavy atom. The highest BCUT2D eigenvalue weighted by Crippen LogP contribution is 2.38. The van der Waals surface area contributed by atoms with Crippen LogP contribution < -0.4 is 0 Å². The van der Waals surface area contributed by atoms with Gasteiger partial charge in [0.05, 0.1) is 17.4 Å². The van der Waals surface area contributed by atoms with Gasteiger partial charge in [-0.25, -0.2) is 0 Å². The van der Waals surface area contributed by atoms with Crippen molar-refractivity contribution >= 4 is 17.7 Å². The van der Waals surface area contributed by atoms with Gasteiger partial charge >= 0.3 is 6.18 Å². The second-order valence-corrected chi connectivity index (χ2v) is 7.16. The third-order valence-corrected chi connectivity index (χ3v) is 5.38. The Balaban J connectivity index is 1.69. The van der Waals surface area contributed by atoms with Crippen molar-refractivity contribution in [3.63, 3.8) is 0 Å². The van der Waals surface area contributed by atoms with Crippen molar-refractivity contribution < 1.29 is 27.6 Å². The summed E-state index contributed by atoms with van der Waals surface area (Å²) < 4.78 is 39.3. The molecule has 3 amide bonds. The number of nitrogens with zero attached hydrogens (tertiary/aromatic N) is 2. The summed E-state index contributed by atoms with van der Waals surface area (Å²) in [6, 6.07) is 5.04. The molecule has 1 aliphatic carbocycles. The number of rotatable bonds is 4. The van der Waals surface area contributed by atoms with Gasteiger partial charge in [-0.3, -0.25) is 19.3 Å². The number of carbonyl (C=O) groups excluding carboxylic acids is 3. The van der Waals surface area contributed by atoms with Gasteiger partial charge in [-0.2, -0.15) is 13.2 Å². The molecule has 1 saturated carbocycles. The molecule has 2 fully saturated rings. The molecule has 1 aromatic rings. The zero-order chi connectivity index (χ0) is 19.8. The molecule has 1 aliphatic heterocycles. The second kappa shape index (κ2) is 7.32. The van der Waals surface area contributed by atoms with Gasteiger partial charge in [0.25, 0.3) is 0 Å². The first-order valence-electron chi connectivity index (χ1n) is 8.94. The molecule has 0 N–H and O–H groups in total. The van der Waals surface area contributed by atoms with Crippen molar-refractivity contribution in [2.75, 3.05) is 13.6 Å². The van der Waals surface area contributed by atoms with Crippen LogP contribution in [0.2, 0.25) is 0 Å². The zero-order valence-electron chi connectivity index (χ0n) is 15.0. The van der Waals surface area contributed by atoms with Crippen LogP contribution >= 0.6 is 0 Å². The van der Waals surface area contributed by atoms with Crippen molar-refractivity contribution in [2.45, 2.75) is 38.4 Å². The minimum atomic E-state index is -4.52. The van der Waals surface area contributed by atoms with Crippen LogP contribution in [0.3, 0.4) is 0 Å². The third-order valence-electron chi connectivity index (χ3n) is 5.38. The first-order chi connectivity index (χ1) is 12.7. The van der Waals surface area contributed by atoms with Crippen LogP contribution in [0.4, 0.5) is 13.2 Å². The number of benzene rings is 1. The molecule has 0 spiro atoms. The van der Waals surface area contributed by atoms with Gasteiger partial charge in [-0.15, -0.1) is 0 Å². The molecule has 27 heavy (non-hydrogen) atoms. The lowest BCUT2D eigenvalue weighted by Crippen LogP contribution is -2.41. The largest absolute Gasteiger partial charge is 0.416 e. The minimum Gasteiger partial charge on any atom is -0.340 e. The molecule has 3 rings (SSSR count). The standard InChI is InChI=1S/C19H21F3N2O3/c1-23(10-12-6-2-5-9-15(12)19(20,21)22)16(25)11-24-17(26)13-7-3-4-8-14(13)18(24)27/h2,5-6,9,13-14H,3-4,7-8,10-11H2,1H3. The molecule has 1 aromatic carbocycles. The quantitative estimate of drug-likeness (QED) is 0.753. The maximum Gasteiger partial charge on any atom is 0.416 e. The Labute approximate surface area is 155 Å². The van der Waals surface area contributed by atoms with E-state index in [1.807, 2.05) is 0 Å². The summed E-state index contributed by atoms with van der Waals surface area (Å²) >= 11 is 0. The van der Waals surface area contributed by atoms with E-state index in [0.29, 0.717) is 12.8 Å². The maximum atomic E-state index is 13.1. The zero-order valence-corrected chi connectivity index (χ0v) is 15.0. The molecular formula is C19H21F3N2O3. The Morgan fingerprint density at radius 1 is 1.11 bits per heavy atom. The summed E-state index contributed by atoms with van der Waals surface area (Å²) in [5.74, 6) is -1.93. The molecule has 2 unspecified atom stereocenters. The van der Waals surface area contributed by atoms with E-state index < -0.39 is 24.2 Å². The van der Waals surface area contributed by atoms with E-state index in [1.54, 1.807) is 0 Å². The molecule has 146 valence electrons. The van der Waals surface area contributed by atoms with Gasteiger partial charge in [0.15, 0.2) is 0 Å². The lowest BCUT2D eigenvalue weighted by molar-refractivity contribution is -0.146. The number of hydrogen-bond acceptors (Lipinski definition) is 3. The number of imide groups is 1. The topological polar surface area (TPSA) is 57.7 Å². The van der Waals surface area contributed by atoms with E-state index >= 15 is 0 Å². The van der Waals surface area contributed by atoms with Gasteiger partial charge in [0.1, 0.15) is 6.54 Å². The Kier molecular flexibility index (Phi) is 5.26. The van der Waals surface area contributed by atoms with Gasteiger partial charge in [-0.05, 0) is 24.5 Å². The van der Waals surface area contributed by atoms with E-state index in [2.05, 4.69) is 0 Å². The highest BCUT2D eigenvalue weighted by atomic mass is 19.4. The SMILES string of the molecule is CN(Cc1ccccc1C(F)(F)F)C(=O)CN1C(=O)C2CCCCC2C1=O. The fourth-order valence-corrected chi connectivity index (χ4v) is 3.92. The molecule has 2 aliphatic rings. The highest BCUT2D eigenvalue weighted by molar-refractivity contribution is 6.07. The second-order valence-electron chi connectivity index (χ2n) is 7.16. The van der Waals surface area contributed by atoms with E-state index in [4.69, 9.17) is 0 Å². The van der Waals surface area contributed by atoms with Crippen LogP contribution in [0, 0.1) is 11.8 Å². The molecule has 0 aromatic heterocycles. The van der Waals surface area contributed by atoms with E-state index in [-0.39, 0.29) is 35.8 Å². The Hall–Kier alpha value is -2.38. The summed E-state index contributed by atoms with van der Waals surface area (Å²) in [6.07, 6.45) is -1.45. The van der Waals surface area contributed by atoms with Crippen LogP contribution in [-0.4, -0.2) is 41.1 Å². The van der Waals surface area contributed by atoms with Crippen molar-refractivity contribution in [1.82, 2.24) is 9.80 Å². The third kappa shape index (κ3) is 3.84. The van der Waals surface area contributed by atoms with Crippen LogP contribution in [0.25, 0.3) is 0 Å². The number of hydrogen-bond donors (Lipinski definition) is 0. The van der Waals surface area contributed by atoms with Crippen LogP contribution in [0.5, 0.6) is 0 Å². The molecule has 0 radical (unpaired) electrons. The lowest BCUT2D eigenvalue weighted by atomic mass is 9.81. The monoisotopic (exact) mass is 382 g/mol. The predicted octanol–water partition coefficient (Wildman–Crippen LogP) is 2.84. The fraction of sp³-hybridized carbons (Fsp3) is 0.526. The average Bonchev–Trinajstić information content (AvgIpc) is 2.86. The molecule has 1 heterocycles. The number of alkyl halides is 3. The molecular weight excluding hydrogens is 361 g/mol. The van der Waals surface area contributed by atoms with E-state index in [1.165, 1.54) is 25.2 Å². The summed E-state index contributed by atoms with van der Waals surface area (Å²) in [4.78, 5) is 39.4. The van der Waals surface area contributed by atoms with E-state index in [9.17, 15) is 27.6 Å². The number of likely N-dealkylation sites (N-methyl/N-ethyl adjacent to an activating group) is 1. The number of carbonyl (C=O) groups is 3. The van der Waals surface area contributed by atoms with Crippen molar-refractivity contribution in [3.05, 3.63) is 35.4 Å². The molecule has 5 nitrogen and oxygen atoms in total. The van der Waals surface area contributed by atoms with Crippen molar-refractivity contribution in [3.8, 4) is 0 Å². The molecule has 2 atom stereocenters. The molecule has 1 saturated heterocycles. The highest BCUT2D eigenvalue weighted by Gasteiger charge is 2.48. The summed E-state index contributed by atoms with van der Waals surface area (Å²) in [6.45, 7) is -0.674. The summed E-state index contributed by atoms with van der Waals surface area (Å²) in [7, 11) is 1.37. The number of amides is 3. The smallest absolute Gasteiger partial charge is 0.340 e. The summed E-state index contributed by atoms with van der Waals surface area (Å²) in [5.41, 5.74) is -0.836. The molecule has 0 bridgehead atoms. The van der Waals surface area contributed by atoms with Gasteiger partial charge in [-0.1, -0.05) is 31.0 Å². The van der Waals surface area contributed by atoms with Gasteiger partial charge in [0.2, 0.25) is 17.7 Å². The number of likely N-dealkylation sites (tertiary alicyclic amines) is 1. The number of fused-ring (bicyclic) bond motifs is 1. The Morgan fingerprint density at radius 3 is 2.22 bits per heavy atom. The Bertz CT molecular complexity index is 739. The van der Waals surface area contributed by atoms with E-state index in [0.717, 1.165) is 28.7 Å². The molecule has 8 heteroatoms. The van der Waals surface area contributed by atoms with Crippen LogP contribution in [-0.2, 0) is 27.1 Å². The first kappa shape index (κ1) is 19.4. The fourth-order valence-electron chi connectivity index (χ4n) is 3.92. The first-order valence-corrected chi connectivity index (χ1v) is 8.94. The summed E-state index contributed by atoms with van der Waals surface area (Å²) in [5, 5.41) is 0. The number of halogens is 3. The minimum absolute atomic E-state index is 0.0337. The normalized spacial score (nSPS) is 22.7. The predicted molar refractivity (Wildman–Crippen MR) is 90.1 cm³/mol. The van der Waals surface area contributed by atoms with Gasteiger partial charge in [0, 0.05) is 13.6 Å². The van der Waals surface area contributed by atoms with Crippen molar-refractivity contribution in [2.24, 2.45) is 11.8 Å². The average molecular weight is 382 g/mol. The van der Waals surface area contributed by atoms with Crippen LogP contribution in [0.1, 0.15) is 36.8 Å². The maximum absolute atomic E-state index is 13.1. The van der Waals surface area contributed by atoms with Crippen molar-refractivity contribution in [1.29, 1.82) is 0 Å².